The number of carbonyl (C=O) groups is 11. The molecule has 7 unspecified atom stereocenters. The van der Waals surface area contributed by atoms with E-state index in [0.29, 0.717) is 50.9 Å². The molecule has 0 aromatic heterocycles. The largest absolute Gasteiger partial charge is 0.346 e. The Balaban J connectivity index is -0.00000111. The van der Waals surface area contributed by atoms with Crippen molar-refractivity contribution < 1.29 is 52.7 Å². The van der Waals surface area contributed by atoms with Crippen LogP contribution in [0.15, 0.2) is 30.3 Å². The molecule has 0 saturated heterocycles. The van der Waals surface area contributed by atoms with Crippen molar-refractivity contribution in [1.29, 1.82) is 0 Å². The van der Waals surface area contributed by atoms with Crippen molar-refractivity contribution in [2.24, 2.45) is 65.1 Å². The number of rotatable bonds is 42. The maximum absolute atomic E-state index is 13.4. The third-order valence-corrected chi connectivity index (χ3v) is 16.0. The number of unbranched alkanes of at least 4 members (excludes halogenated alkanes) is 2. The summed E-state index contributed by atoms with van der Waals surface area (Å²) in [5, 5.41) is 5.83. The molecule has 1 aromatic carbocycles. The minimum absolute atomic E-state index is 0.0110. The monoisotopic (exact) mass is 1230 g/mol. The first-order chi connectivity index (χ1) is 39.2. The molecule has 16 heteroatoms. The summed E-state index contributed by atoms with van der Waals surface area (Å²) in [5.41, 5.74) is 1.02. The van der Waals surface area contributed by atoms with Crippen molar-refractivity contribution in [2.75, 3.05) is 36.0 Å². The van der Waals surface area contributed by atoms with Crippen molar-refractivity contribution in [3.63, 3.8) is 0 Å². The van der Waals surface area contributed by atoms with Crippen molar-refractivity contribution in [3.8, 4) is 0 Å². The first kappa shape index (κ1) is 84.4. The van der Waals surface area contributed by atoms with Gasteiger partial charge >= 0.3 is 0 Å². The second kappa shape index (κ2) is 49.3. The van der Waals surface area contributed by atoms with E-state index in [-0.39, 0.29) is 130 Å². The van der Waals surface area contributed by atoms with Gasteiger partial charge in [0.15, 0.2) is 11.6 Å². The maximum Gasteiger partial charge on any atom is 0.224 e. The molecule has 0 fully saturated rings. The molecule has 1 aromatic rings. The van der Waals surface area contributed by atoms with Crippen LogP contribution in [0.5, 0.6) is 0 Å². The van der Waals surface area contributed by atoms with E-state index in [9.17, 15) is 52.7 Å². The molecule has 0 bridgehead atoms. The summed E-state index contributed by atoms with van der Waals surface area (Å²) >= 11 is 5.01. The molecule has 84 heavy (non-hydrogen) atoms. The quantitative estimate of drug-likeness (QED) is 0.0583. The molecule has 0 heterocycles. The van der Waals surface area contributed by atoms with Crippen LogP contribution in [0, 0.1) is 65.1 Å². The average molecular weight is 1230 g/mol. The predicted octanol–water partition coefficient (Wildman–Crippen LogP) is 13.9. The van der Waals surface area contributed by atoms with Gasteiger partial charge in [-0.05, 0) is 126 Å². The number of hydrogen-bond donors (Lipinski definition) is 2. The summed E-state index contributed by atoms with van der Waals surface area (Å²) in [6.07, 6.45) is 15.3. The number of carbonyl (C=O) groups excluding carboxylic acids is 11. The molecule has 482 valence electrons. The second-order valence-electron chi connectivity index (χ2n) is 24.9. The minimum atomic E-state index is -0.653. The highest BCUT2D eigenvalue weighted by atomic mass is 32.2. The first-order valence-electron chi connectivity index (χ1n) is 31.0. The Labute approximate surface area is 522 Å². The predicted molar refractivity (Wildman–Crippen MR) is 354 cm³/mol. The highest BCUT2D eigenvalue weighted by Gasteiger charge is 2.32. The summed E-state index contributed by atoms with van der Waals surface area (Å²) < 4.78 is 0. The van der Waals surface area contributed by atoms with Gasteiger partial charge in [0.1, 0.15) is 40.5 Å². The van der Waals surface area contributed by atoms with E-state index < -0.39 is 23.9 Å². The van der Waals surface area contributed by atoms with Crippen LogP contribution in [-0.2, 0) is 59.2 Å². The molecule has 2 amide bonds. The topological polar surface area (TPSA) is 212 Å². The second-order valence-corrected chi connectivity index (χ2v) is 27.9. The molecule has 0 aliphatic carbocycles. The summed E-state index contributed by atoms with van der Waals surface area (Å²) in [5.74, 6) is 1.94. The van der Waals surface area contributed by atoms with Gasteiger partial charge in [0.05, 0.1) is 12.1 Å². The van der Waals surface area contributed by atoms with Crippen LogP contribution in [0.2, 0.25) is 0 Å². The van der Waals surface area contributed by atoms with Crippen LogP contribution in [-0.4, -0.2) is 112 Å². The summed E-state index contributed by atoms with van der Waals surface area (Å²) in [6.45, 7) is 31.4. The number of amides is 2. The number of hydrogen-bond acceptors (Lipinski definition) is 14. The molecule has 13 nitrogen and oxygen atoms in total. The Morgan fingerprint density at radius 2 is 0.738 bits per heavy atom. The van der Waals surface area contributed by atoms with Crippen molar-refractivity contribution in [2.45, 2.75) is 226 Å². The minimum Gasteiger partial charge on any atom is -0.346 e. The SMILES string of the molecule is CCCCCC(CC(C)=O)C(=O)C(C)C.CSCCC(CC(C)=O)C(=O)C(C)C.CSCCC(CC(C)=O)C(=O)NC(CC(C)C)C(=O)C(C)C.CSCCC(CC(C)=O)C(=O)NC(CC(C)C)C(=O)CC(Cc1ccccc1)C(=O)C(C)C. The number of Topliss-reactive ketones (excluding diaryl/α,β-unsaturated/α-hetero) is 9. The van der Waals surface area contributed by atoms with E-state index in [1.807, 2.05) is 132 Å². The van der Waals surface area contributed by atoms with Gasteiger partial charge in [-0.2, -0.15) is 35.3 Å². The highest BCUT2D eigenvalue weighted by molar-refractivity contribution is 7.98. The number of ketones is 9. The fourth-order valence-electron chi connectivity index (χ4n) is 9.56. The van der Waals surface area contributed by atoms with Crippen LogP contribution >= 0.6 is 35.3 Å². The molecule has 0 aliphatic rings. The lowest BCUT2D eigenvalue weighted by Crippen LogP contribution is -2.46. The fourth-order valence-corrected chi connectivity index (χ4v) is 11.1. The lowest BCUT2D eigenvalue weighted by molar-refractivity contribution is -0.134. The van der Waals surface area contributed by atoms with Crippen LogP contribution in [0.25, 0.3) is 0 Å². The van der Waals surface area contributed by atoms with Crippen molar-refractivity contribution >= 4 is 99.1 Å². The third kappa shape index (κ3) is 42.1. The molecular formula is C68H116N2O11S3. The van der Waals surface area contributed by atoms with Gasteiger partial charge in [0, 0.05) is 85.4 Å². The summed E-state index contributed by atoms with van der Waals surface area (Å²) in [6, 6.07) is 8.62. The van der Waals surface area contributed by atoms with Gasteiger partial charge < -0.3 is 29.8 Å². The lowest BCUT2D eigenvalue weighted by atomic mass is 9.83. The van der Waals surface area contributed by atoms with E-state index in [4.69, 9.17) is 0 Å². The summed E-state index contributed by atoms with van der Waals surface area (Å²) in [4.78, 5) is 133. The van der Waals surface area contributed by atoms with Crippen LogP contribution in [0.4, 0.5) is 0 Å². The highest BCUT2D eigenvalue weighted by Crippen LogP contribution is 2.24. The van der Waals surface area contributed by atoms with Gasteiger partial charge in [-0.1, -0.05) is 140 Å². The standard InChI is InChI=1S/C27H41NO4S.C17H31NO3S.C13H24O2.C11H20O2S/c1-18(2)14-24(28-27(32)22(12-13-33-6)15-20(5)29)25(30)17-23(26(31)19(3)4)16-21-10-8-7-9-11-21;1-11(2)9-15(16(20)12(3)4)18-17(21)14(7-8-22-6)10-13(5)19;1-5-6-7-8-12(9-11(4)14)13(15)10(2)3;1-8(2)11(13)10(5-6-14-4)7-9(3)12/h7-11,18-19,22-24H,12-17H2,1-6H3,(H,28,32);11-12,14-15H,7-10H2,1-6H3,(H,18,21);10,12H,5-9H2,1-4H3;8,10H,5-7H2,1-4H3. The molecular weight excluding hydrogens is 1120 g/mol. The van der Waals surface area contributed by atoms with Crippen molar-refractivity contribution in [3.05, 3.63) is 35.9 Å². The molecule has 0 radical (unpaired) electrons. The number of thioether (sulfide) groups is 3. The Hall–Kier alpha value is -3.76. The van der Waals surface area contributed by atoms with Gasteiger partial charge in [-0.25, -0.2) is 0 Å². The number of nitrogens with one attached hydrogen (secondary N) is 2. The van der Waals surface area contributed by atoms with E-state index in [2.05, 4.69) is 17.6 Å². The van der Waals surface area contributed by atoms with Gasteiger partial charge in [-0.15, -0.1) is 0 Å². The molecule has 0 aliphatic heterocycles. The fraction of sp³-hybridized carbons (Fsp3) is 0.750. The van der Waals surface area contributed by atoms with E-state index in [1.54, 1.807) is 49.1 Å². The first-order valence-corrected chi connectivity index (χ1v) is 35.2. The van der Waals surface area contributed by atoms with Crippen LogP contribution in [0.3, 0.4) is 0 Å². The molecule has 2 N–H and O–H groups in total. The molecule has 1 rings (SSSR count). The van der Waals surface area contributed by atoms with Gasteiger partial charge in [-0.3, -0.25) is 33.6 Å². The Bertz CT molecular complexity index is 2110. The Morgan fingerprint density at radius 1 is 0.405 bits per heavy atom. The Morgan fingerprint density at radius 3 is 1.08 bits per heavy atom. The lowest BCUT2D eigenvalue weighted by Gasteiger charge is -2.25. The van der Waals surface area contributed by atoms with Crippen LogP contribution < -0.4 is 10.6 Å². The Kier molecular flexibility index (Phi) is 49.5. The zero-order valence-corrected chi connectivity index (χ0v) is 58.3. The van der Waals surface area contributed by atoms with E-state index in [1.165, 1.54) is 13.8 Å². The third-order valence-electron chi connectivity index (χ3n) is 14.1. The van der Waals surface area contributed by atoms with Gasteiger partial charge in [0.2, 0.25) is 11.8 Å². The summed E-state index contributed by atoms with van der Waals surface area (Å²) in [7, 11) is 0. The van der Waals surface area contributed by atoms with Crippen LogP contribution in [0.1, 0.15) is 213 Å². The zero-order chi connectivity index (χ0) is 65.2. The number of benzene rings is 1. The maximum atomic E-state index is 13.4. The molecule has 0 saturated carbocycles. The van der Waals surface area contributed by atoms with E-state index in [0.717, 1.165) is 54.9 Å². The van der Waals surface area contributed by atoms with Gasteiger partial charge in [0.25, 0.3) is 0 Å². The van der Waals surface area contributed by atoms with Crippen molar-refractivity contribution in [1.82, 2.24) is 10.6 Å². The average Bonchev–Trinajstić information content (AvgIpc) is 3.56. The smallest absolute Gasteiger partial charge is 0.224 e. The molecule has 7 atom stereocenters. The zero-order valence-electron chi connectivity index (χ0n) is 55.8. The van der Waals surface area contributed by atoms with E-state index >= 15 is 0 Å². The molecule has 0 spiro atoms. The normalized spacial score (nSPS) is 13.6.